The molecule has 5 nitrogen and oxygen atoms in total. The predicted molar refractivity (Wildman–Crippen MR) is 306 cm³/mol. The van der Waals surface area contributed by atoms with E-state index in [4.69, 9.17) is 9.97 Å². The van der Waals surface area contributed by atoms with Gasteiger partial charge in [-0.2, -0.15) is 0 Å². The van der Waals surface area contributed by atoms with Crippen LogP contribution < -0.4 is 0 Å². The molecule has 0 aliphatic carbocycles. The topological polar surface area (TPSA) is 40.6 Å². The van der Waals surface area contributed by atoms with E-state index in [1.54, 1.807) is 0 Å². The van der Waals surface area contributed by atoms with Crippen LogP contribution in [0.4, 0.5) is 0 Å². The molecule has 73 heavy (non-hydrogen) atoms. The van der Waals surface area contributed by atoms with Gasteiger partial charge >= 0.3 is 0 Å². The standard InChI is InChI=1S/C68H41N5/c1-2-19-49(20-3-1)71-60-27-13-8-22-52(60)55-33-31-46(39-64(55)71)67-68(70-59-26-12-11-25-58(59)69-67)48-34-45-18-6-7-21-51(45)63(41-48)73-62-29-15-10-24-54(62)57-37-44-30-32-50(35-47(44)40-66(57)73)72-61-28-14-9-23-53(61)56-36-42-16-4-5-17-43(42)38-65(56)72/h1-41H. The molecule has 4 aromatic heterocycles. The third-order valence-corrected chi connectivity index (χ3v) is 15.3. The molecule has 0 saturated carbocycles. The molecule has 0 unspecified atom stereocenters. The summed E-state index contributed by atoms with van der Waals surface area (Å²) in [5.41, 5.74) is 15.7. The first-order valence-corrected chi connectivity index (χ1v) is 25.0. The Morgan fingerprint density at radius 3 is 1.41 bits per heavy atom. The summed E-state index contributed by atoms with van der Waals surface area (Å²) in [6.07, 6.45) is 0. The lowest BCUT2D eigenvalue weighted by Crippen LogP contribution is -2.00. The average molecular weight is 928 g/mol. The van der Waals surface area contributed by atoms with Gasteiger partial charge in [-0.1, -0.05) is 152 Å². The van der Waals surface area contributed by atoms with E-state index in [9.17, 15) is 0 Å². The number of benzene rings is 12. The van der Waals surface area contributed by atoms with Crippen molar-refractivity contribution < 1.29 is 0 Å². The van der Waals surface area contributed by atoms with Gasteiger partial charge in [0.25, 0.3) is 0 Å². The maximum atomic E-state index is 5.53. The van der Waals surface area contributed by atoms with Crippen LogP contribution in [0.25, 0.3) is 148 Å². The highest BCUT2D eigenvalue weighted by Crippen LogP contribution is 2.43. The molecule has 16 rings (SSSR count). The van der Waals surface area contributed by atoms with Crippen molar-refractivity contribution in [3.63, 3.8) is 0 Å². The Morgan fingerprint density at radius 1 is 0.233 bits per heavy atom. The maximum Gasteiger partial charge on any atom is 0.0974 e. The Hall–Kier alpha value is -9.84. The van der Waals surface area contributed by atoms with Crippen LogP contribution in [0, 0.1) is 0 Å². The molecule has 0 fully saturated rings. The van der Waals surface area contributed by atoms with Crippen molar-refractivity contribution in [1.82, 2.24) is 23.7 Å². The number of fused-ring (bicyclic) bond motifs is 13. The number of para-hydroxylation sites is 6. The van der Waals surface area contributed by atoms with Gasteiger partial charge in [-0.05, 0) is 124 Å². The molecule has 0 spiro atoms. The van der Waals surface area contributed by atoms with Gasteiger partial charge in [-0.25, -0.2) is 9.97 Å². The summed E-state index contributed by atoms with van der Waals surface area (Å²) in [4.78, 5) is 11.0. The number of hydrogen-bond donors (Lipinski definition) is 0. The Bertz CT molecular complexity index is 4980. The van der Waals surface area contributed by atoms with E-state index in [-0.39, 0.29) is 0 Å². The van der Waals surface area contributed by atoms with Crippen LogP contribution in [0.2, 0.25) is 0 Å². The Labute approximate surface area is 418 Å². The van der Waals surface area contributed by atoms with Crippen LogP contribution in [0.15, 0.2) is 249 Å². The first-order chi connectivity index (χ1) is 36.2. The van der Waals surface area contributed by atoms with Crippen LogP contribution in [0.1, 0.15) is 0 Å². The SMILES string of the molecule is c1ccc(-n2c3ccccc3c3ccc(-c4nc5ccccc5nc4-c4cc(-n5c6ccccc6c6cc7ccc(-n8c9ccccc9c9cc%10ccccc%10cc98)cc7cc65)c5ccccc5c4)cc32)cc1. The summed E-state index contributed by atoms with van der Waals surface area (Å²) in [6, 6.07) is 90.5. The van der Waals surface area contributed by atoms with Crippen molar-refractivity contribution in [1.29, 1.82) is 0 Å². The first kappa shape index (κ1) is 39.9. The van der Waals surface area contributed by atoms with Crippen molar-refractivity contribution in [3.8, 4) is 39.6 Å². The highest BCUT2D eigenvalue weighted by Gasteiger charge is 2.22. The van der Waals surface area contributed by atoms with Crippen LogP contribution >= 0.6 is 0 Å². The van der Waals surface area contributed by atoms with Gasteiger partial charge in [0, 0.05) is 60.2 Å². The molecule has 0 amide bonds. The lowest BCUT2D eigenvalue weighted by Gasteiger charge is -2.17. The molecule has 0 aliphatic rings. The molecule has 16 aromatic rings. The Morgan fingerprint density at radius 2 is 0.712 bits per heavy atom. The maximum absolute atomic E-state index is 5.53. The Kier molecular flexibility index (Phi) is 8.39. The second-order valence-electron chi connectivity index (χ2n) is 19.4. The number of hydrogen-bond acceptors (Lipinski definition) is 2. The molecule has 0 bridgehead atoms. The number of aromatic nitrogens is 5. The molecule has 0 N–H and O–H groups in total. The third-order valence-electron chi connectivity index (χ3n) is 15.3. The molecule has 12 aromatic carbocycles. The minimum atomic E-state index is 0.835. The molecule has 0 atom stereocenters. The van der Waals surface area contributed by atoms with Crippen molar-refractivity contribution in [2.24, 2.45) is 0 Å². The minimum Gasteiger partial charge on any atom is -0.309 e. The fraction of sp³-hybridized carbons (Fsp3) is 0. The monoisotopic (exact) mass is 927 g/mol. The molecular weight excluding hydrogens is 887 g/mol. The zero-order valence-electron chi connectivity index (χ0n) is 39.4. The molecule has 0 saturated heterocycles. The van der Waals surface area contributed by atoms with Gasteiger partial charge in [0.15, 0.2) is 0 Å². The van der Waals surface area contributed by atoms with E-state index in [1.165, 1.54) is 70.4 Å². The normalized spacial score (nSPS) is 12.1. The predicted octanol–water partition coefficient (Wildman–Crippen LogP) is 17.7. The summed E-state index contributed by atoms with van der Waals surface area (Å²) >= 11 is 0. The molecule has 0 radical (unpaired) electrons. The minimum absolute atomic E-state index is 0.835. The lowest BCUT2D eigenvalue weighted by atomic mass is 9.98. The van der Waals surface area contributed by atoms with E-state index in [2.05, 4.69) is 250 Å². The summed E-state index contributed by atoms with van der Waals surface area (Å²) in [6.45, 7) is 0. The zero-order valence-corrected chi connectivity index (χ0v) is 39.4. The smallest absolute Gasteiger partial charge is 0.0974 e. The van der Waals surface area contributed by atoms with Gasteiger partial charge in [-0.3, -0.25) is 0 Å². The van der Waals surface area contributed by atoms with Gasteiger partial charge in [0.05, 0.1) is 61.2 Å². The summed E-state index contributed by atoms with van der Waals surface area (Å²) < 4.78 is 7.29. The summed E-state index contributed by atoms with van der Waals surface area (Å²) in [5.74, 6) is 0. The Balaban J connectivity index is 0.936. The second-order valence-corrected chi connectivity index (χ2v) is 19.4. The van der Waals surface area contributed by atoms with Crippen LogP contribution in [0.5, 0.6) is 0 Å². The molecule has 338 valence electrons. The zero-order chi connectivity index (χ0) is 47.7. The second kappa shape index (κ2) is 15.3. The molecule has 5 heteroatoms. The van der Waals surface area contributed by atoms with E-state index in [1.807, 2.05) is 12.1 Å². The summed E-state index contributed by atoms with van der Waals surface area (Å²) in [7, 11) is 0. The van der Waals surface area contributed by atoms with Gasteiger partial charge in [0.1, 0.15) is 0 Å². The average Bonchev–Trinajstić information content (AvgIpc) is 4.08. The van der Waals surface area contributed by atoms with Gasteiger partial charge in [-0.15, -0.1) is 0 Å². The van der Waals surface area contributed by atoms with E-state index in [0.29, 0.717) is 0 Å². The van der Waals surface area contributed by atoms with E-state index in [0.717, 1.165) is 77.9 Å². The first-order valence-electron chi connectivity index (χ1n) is 25.0. The summed E-state index contributed by atoms with van der Waals surface area (Å²) in [5, 5.41) is 14.5. The van der Waals surface area contributed by atoms with Crippen molar-refractivity contribution in [3.05, 3.63) is 249 Å². The van der Waals surface area contributed by atoms with Gasteiger partial charge < -0.3 is 13.7 Å². The van der Waals surface area contributed by atoms with Gasteiger partial charge in [0.2, 0.25) is 0 Å². The number of nitrogens with zero attached hydrogens (tertiary/aromatic N) is 5. The highest BCUT2D eigenvalue weighted by molar-refractivity contribution is 6.17. The molecule has 0 aliphatic heterocycles. The fourth-order valence-electron chi connectivity index (χ4n) is 12.0. The lowest BCUT2D eigenvalue weighted by molar-refractivity contribution is 1.18. The van der Waals surface area contributed by atoms with E-state index < -0.39 is 0 Å². The molecular formula is C68H41N5. The quantitative estimate of drug-likeness (QED) is 0.173. The fourth-order valence-corrected chi connectivity index (χ4v) is 12.0. The van der Waals surface area contributed by atoms with Crippen LogP contribution in [0.3, 0.4) is 0 Å². The third kappa shape index (κ3) is 5.97. The van der Waals surface area contributed by atoms with Crippen LogP contribution in [-0.2, 0) is 0 Å². The van der Waals surface area contributed by atoms with Crippen molar-refractivity contribution in [2.75, 3.05) is 0 Å². The largest absolute Gasteiger partial charge is 0.309 e. The van der Waals surface area contributed by atoms with Crippen LogP contribution in [-0.4, -0.2) is 23.7 Å². The van der Waals surface area contributed by atoms with Crippen molar-refractivity contribution >= 4 is 109 Å². The van der Waals surface area contributed by atoms with Crippen molar-refractivity contribution in [2.45, 2.75) is 0 Å². The molecule has 4 heterocycles. The number of rotatable bonds is 5. The van der Waals surface area contributed by atoms with E-state index >= 15 is 0 Å². The highest BCUT2D eigenvalue weighted by atomic mass is 15.0.